The van der Waals surface area contributed by atoms with Gasteiger partial charge in [-0.2, -0.15) is 10.1 Å². The minimum atomic E-state index is -0.101. The highest BCUT2D eigenvalue weighted by Crippen LogP contribution is 2.32. The Kier molecular flexibility index (Phi) is 3.99. The van der Waals surface area contributed by atoms with Crippen LogP contribution in [0.4, 0.5) is 5.69 Å². The molecule has 1 atom stereocenters. The van der Waals surface area contributed by atoms with E-state index in [9.17, 15) is 4.79 Å². The van der Waals surface area contributed by atoms with Gasteiger partial charge in [0.15, 0.2) is 5.82 Å². The molecule has 0 radical (unpaired) electrons. The van der Waals surface area contributed by atoms with Crippen molar-refractivity contribution in [3.05, 3.63) is 41.5 Å². The molecule has 7 nitrogen and oxygen atoms in total. The molecule has 25 heavy (non-hydrogen) atoms. The summed E-state index contributed by atoms with van der Waals surface area (Å²) in [5.74, 6) is 1.14. The fraction of sp³-hybridized carbons (Fsp3) is 0.444. The van der Waals surface area contributed by atoms with Gasteiger partial charge in [0, 0.05) is 37.7 Å². The lowest BCUT2D eigenvalue weighted by atomic mass is 10.1. The van der Waals surface area contributed by atoms with Gasteiger partial charge in [-0.05, 0) is 44.0 Å². The van der Waals surface area contributed by atoms with Gasteiger partial charge in [0.05, 0.1) is 11.7 Å². The molecule has 0 aliphatic carbocycles. The summed E-state index contributed by atoms with van der Waals surface area (Å²) in [6.45, 7) is 5.41. The van der Waals surface area contributed by atoms with E-state index in [-0.39, 0.29) is 11.9 Å². The average Bonchev–Trinajstić information content (AvgIpc) is 3.34. The molecular formula is C18H21N5O2. The van der Waals surface area contributed by atoms with Gasteiger partial charge in [0.1, 0.15) is 0 Å². The molecule has 2 aliphatic heterocycles. The smallest absolute Gasteiger partial charge is 0.254 e. The van der Waals surface area contributed by atoms with Crippen LogP contribution in [-0.4, -0.2) is 39.7 Å². The lowest BCUT2D eigenvalue weighted by Gasteiger charge is -2.22. The molecular weight excluding hydrogens is 318 g/mol. The molecule has 4 rings (SSSR count). The van der Waals surface area contributed by atoms with E-state index in [1.165, 1.54) is 0 Å². The van der Waals surface area contributed by atoms with Gasteiger partial charge in [-0.15, -0.1) is 0 Å². The van der Waals surface area contributed by atoms with Gasteiger partial charge in [0.25, 0.3) is 5.91 Å². The minimum Gasteiger partial charge on any atom is -0.340 e. The topological polar surface area (TPSA) is 74.8 Å². The summed E-state index contributed by atoms with van der Waals surface area (Å²) in [6.07, 6.45) is 2.80. The van der Waals surface area contributed by atoms with Crippen molar-refractivity contribution in [2.24, 2.45) is 5.10 Å². The molecule has 1 aromatic heterocycles. The van der Waals surface area contributed by atoms with E-state index in [1.54, 1.807) is 6.92 Å². The number of hydrogen-bond acceptors (Lipinski definition) is 6. The van der Waals surface area contributed by atoms with E-state index in [4.69, 9.17) is 4.52 Å². The number of aryl methyl sites for hydroxylation is 1. The average molecular weight is 339 g/mol. The minimum absolute atomic E-state index is 0.0117. The number of hydrogen-bond donors (Lipinski definition) is 0. The Morgan fingerprint density at radius 2 is 2.00 bits per heavy atom. The molecule has 2 aromatic rings. The fourth-order valence-electron chi connectivity index (χ4n) is 3.43. The van der Waals surface area contributed by atoms with Crippen LogP contribution in [-0.2, 0) is 0 Å². The van der Waals surface area contributed by atoms with Gasteiger partial charge in [-0.3, -0.25) is 9.80 Å². The summed E-state index contributed by atoms with van der Waals surface area (Å²) in [5.41, 5.74) is 2.83. The summed E-state index contributed by atoms with van der Waals surface area (Å²) < 4.78 is 5.08. The van der Waals surface area contributed by atoms with Crippen molar-refractivity contribution < 1.29 is 9.32 Å². The Morgan fingerprint density at radius 1 is 1.20 bits per heavy atom. The number of carbonyl (C=O) groups is 1. The summed E-state index contributed by atoms with van der Waals surface area (Å²) >= 11 is 0. The Bertz CT molecular complexity index is 811. The molecule has 3 heterocycles. The normalized spacial score (nSPS) is 20.2. The Labute approximate surface area is 146 Å². The van der Waals surface area contributed by atoms with Crippen LogP contribution in [0.15, 0.2) is 33.9 Å². The molecule has 0 saturated carbocycles. The third-order valence-electron chi connectivity index (χ3n) is 4.74. The van der Waals surface area contributed by atoms with Crippen molar-refractivity contribution in [1.82, 2.24) is 15.0 Å². The summed E-state index contributed by atoms with van der Waals surface area (Å²) in [6, 6.07) is 7.56. The van der Waals surface area contributed by atoms with Gasteiger partial charge in [-0.25, -0.2) is 0 Å². The standard InChI is InChI=1S/C18H21N5O2/c1-12-9-11-23(20-12)15-7-5-14(6-8-15)18(24)22-10-3-4-16(22)17-19-13(2)25-21-17/h5-8,16H,3-4,9-11H2,1-2H3/t16-/m1/s1. The number of amides is 1. The zero-order chi connectivity index (χ0) is 17.4. The number of likely N-dealkylation sites (tertiary alicyclic amines) is 1. The first kappa shape index (κ1) is 15.8. The maximum Gasteiger partial charge on any atom is 0.254 e. The fourth-order valence-corrected chi connectivity index (χ4v) is 3.43. The molecule has 0 bridgehead atoms. The first-order valence-corrected chi connectivity index (χ1v) is 8.64. The predicted molar refractivity (Wildman–Crippen MR) is 93.6 cm³/mol. The number of hydrazone groups is 1. The molecule has 1 fully saturated rings. The van der Waals surface area contributed by atoms with Crippen LogP contribution in [0.1, 0.15) is 54.3 Å². The second-order valence-corrected chi connectivity index (χ2v) is 6.58. The van der Waals surface area contributed by atoms with E-state index in [2.05, 4.69) is 15.2 Å². The van der Waals surface area contributed by atoms with Crippen molar-refractivity contribution in [3.8, 4) is 0 Å². The Balaban J connectivity index is 1.52. The zero-order valence-electron chi connectivity index (χ0n) is 14.5. The van der Waals surface area contributed by atoms with Crippen LogP contribution in [0.25, 0.3) is 0 Å². The molecule has 0 unspecified atom stereocenters. The van der Waals surface area contributed by atoms with Crippen LogP contribution in [0.2, 0.25) is 0 Å². The van der Waals surface area contributed by atoms with Crippen LogP contribution in [0, 0.1) is 6.92 Å². The van der Waals surface area contributed by atoms with Gasteiger partial charge < -0.3 is 9.42 Å². The monoisotopic (exact) mass is 339 g/mol. The highest BCUT2D eigenvalue weighted by Gasteiger charge is 2.33. The van der Waals surface area contributed by atoms with Gasteiger partial charge in [-0.1, -0.05) is 5.16 Å². The zero-order valence-corrected chi connectivity index (χ0v) is 14.5. The molecule has 1 saturated heterocycles. The molecule has 0 spiro atoms. The summed E-state index contributed by atoms with van der Waals surface area (Å²) in [7, 11) is 0. The second kappa shape index (κ2) is 6.31. The quantitative estimate of drug-likeness (QED) is 0.859. The number of aromatic nitrogens is 2. The van der Waals surface area contributed by atoms with E-state index in [0.29, 0.717) is 23.8 Å². The van der Waals surface area contributed by atoms with Crippen LogP contribution in [0.3, 0.4) is 0 Å². The van der Waals surface area contributed by atoms with Crippen molar-refractivity contribution in [1.29, 1.82) is 0 Å². The van der Waals surface area contributed by atoms with Crippen molar-refractivity contribution in [2.75, 3.05) is 18.1 Å². The molecule has 0 N–H and O–H groups in total. The lowest BCUT2D eigenvalue weighted by molar-refractivity contribution is 0.0728. The second-order valence-electron chi connectivity index (χ2n) is 6.58. The third kappa shape index (κ3) is 3.01. The van der Waals surface area contributed by atoms with Crippen LogP contribution >= 0.6 is 0 Å². The van der Waals surface area contributed by atoms with E-state index < -0.39 is 0 Å². The molecule has 1 aromatic carbocycles. The predicted octanol–water partition coefficient (Wildman–Crippen LogP) is 2.94. The Morgan fingerprint density at radius 3 is 2.64 bits per heavy atom. The van der Waals surface area contributed by atoms with Crippen molar-refractivity contribution >= 4 is 17.3 Å². The van der Waals surface area contributed by atoms with E-state index >= 15 is 0 Å². The largest absolute Gasteiger partial charge is 0.340 e. The highest BCUT2D eigenvalue weighted by molar-refractivity contribution is 5.95. The SMILES string of the molecule is CC1=NN(c2ccc(C(=O)N3CCC[C@@H]3c3noc(C)n3)cc2)CC1. The first-order valence-electron chi connectivity index (χ1n) is 8.64. The molecule has 130 valence electrons. The summed E-state index contributed by atoms with van der Waals surface area (Å²) in [4.78, 5) is 19.1. The number of nitrogens with zero attached hydrogens (tertiary/aromatic N) is 5. The first-order chi connectivity index (χ1) is 12.1. The lowest BCUT2D eigenvalue weighted by Crippen LogP contribution is -2.31. The number of carbonyl (C=O) groups excluding carboxylic acids is 1. The highest BCUT2D eigenvalue weighted by atomic mass is 16.5. The third-order valence-corrected chi connectivity index (χ3v) is 4.74. The Hall–Kier alpha value is -2.70. The van der Waals surface area contributed by atoms with Crippen molar-refractivity contribution in [2.45, 2.75) is 39.2 Å². The van der Waals surface area contributed by atoms with Crippen LogP contribution < -0.4 is 5.01 Å². The summed E-state index contributed by atoms with van der Waals surface area (Å²) in [5, 5.41) is 10.5. The maximum absolute atomic E-state index is 12.9. The molecule has 7 heteroatoms. The van der Waals surface area contributed by atoms with Gasteiger partial charge >= 0.3 is 0 Å². The van der Waals surface area contributed by atoms with E-state index in [1.807, 2.05) is 41.1 Å². The molecule has 1 amide bonds. The van der Waals surface area contributed by atoms with E-state index in [0.717, 1.165) is 37.2 Å². The number of anilines is 1. The number of rotatable bonds is 3. The van der Waals surface area contributed by atoms with Crippen LogP contribution in [0.5, 0.6) is 0 Å². The number of benzene rings is 1. The van der Waals surface area contributed by atoms with Crippen molar-refractivity contribution in [3.63, 3.8) is 0 Å². The maximum atomic E-state index is 12.9. The van der Waals surface area contributed by atoms with Gasteiger partial charge in [0.2, 0.25) is 5.89 Å². The molecule has 2 aliphatic rings.